The summed E-state index contributed by atoms with van der Waals surface area (Å²) in [5, 5.41) is 3.54. The molecule has 0 aromatic rings. The van der Waals surface area contributed by atoms with E-state index in [0.29, 0.717) is 6.04 Å². The molecule has 0 amide bonds. The van der Waals surface area contributed by atoms with Gasteiger partial charge >= 0.3 is 0 Å². The van der Waals surface area contributed by atoms with Gasteiger partial charge in [-0.1, -0.05) is 12.8 Å². The zero-order valence-corrected chi connectivity index (χ0v) is 7.72. The summed E-state index contributed by atoms with van der Waals surface area (Å²) in [6.45, 7) is 3.09. The van der Waals surface area contributed by atoms with Crippen LogP contribution in [-0.2, 0) is 4.74 Å². The summed E-state index contributed by atoms with van der Waals surface area (Å²) >= 11 is 0. The SMILES string of the molecule is C(CNC1CCOC1)CC1CC1. The zero-order chi connectivity index (χ0) is 8.23. The Labute approximate surface area is 74.7 Å². The van der Waals surface area contributed by atoms with Crippen LogP contribution in [0.25, 0.3) is 0 Å². The van der Waals surface area contributed by atoms with E-state index in [1.807, 2.05) is 0 Å². The Morgan fingerprint density at radius 1 is 1.25 bits per heavy atom. The van der Waals surface area contributed by atoms with Crippen molar-refractivity contribution >= 4 is 0 Å². The van der Waals surface area contributed by atoms with Crippen LogP contribution in [0.4, 0.5) is 0 Å². The lowest BCUT2D eigenvalue weighted by atomic mass is 10.2. The monoisotopic (exact) mass is 169 g/mol. The minimum absolute atomic E-state index is 0.657. The quantitative estimate of drug-likeness (QED) is 0.631. The third-order valence-electron chi connectivity index (χ3n) is 2.85. The topological polar surface area (TPSA) is 21.3 Å². The van der Waals surface area contributed by atoms with E-state index in [-0.39, 0.29) is 0 Å². The molecule has 1 saturated heterocycles. The molecular formula is C10H19NO. The predicted octanol–water partition coefficient (Wildman–Crippen LogP) is 1.56. The zero-order valence-electron chi connectivity index (χ0n) is 7.72. The van der Waals surface area contributed by atoms with Gasteiger partial charge in [-0.25, -0.2) is 0 Å². The van der Waals surface area contributed by atoms with Crippen molar-refractivity contribution in [3.63, 3.8) is 0 Å². The first-order chi connectivity index (χ1) is 5.95. The summed E-state index contributed by atoms with van der Waals surface area (Å²) in [5.74, 6) is 1.09. The Bertz CT molecular complexity index is 128. The fourth-order valence-corrected chi connectivity index (χ4v) is 1.80. The van der Waals surface area contributed by atoms with Gasteiger partial charge in [-0.05, 0) is 31.7 Å². The first-order valence-corrected chi connectivity index (χ1v) is 5.26. The number of hydrogen-bond donors (Lipinski definition) is 1. The average molecular weight is 169 g/mol. The van der Waals surface area contributed by atoms with E-state index in [0.717, 1.165) is 19.1 Å². The average Bonchev–Trinajstić information content (AvgIpc) is 2.76. The third kappa shape index (κ3) is 2.76. The first kappa shape index (κ1) is 8.52. The predicted molar refractivity (Wildman–Crippen MR) is 49.2 cm³/mol. The van der Waals surface area contributed by atoms with Gasteiger partial charge in [0.2, 0.25) is 0 Å². The van der Waals surface area contributed by atoms with Gasteiger partial charge in [-0.15, -0.1) is 0 Å². The minimum atomic E-state index is 0.657. The normalized spacial score (nSPS) is 29.5. The molecule has 2 nitrogen and oxygen atoms in total. The van der Waals surface area contributed by atoms with E-state index >= 15 is 0 Å². The molecule has 0 aromatic heterocycles. The summed E-state index contributed by atoms with van der Waals surface area (Å²) < 4.78 is 5.29. The van der Waals surface area contributed by atoms with Crippen LogP contribution in [-0.4, -0.2) is 25.8 Å². The van der Waals surface area contributed by atoms with Crippen molar-refractivity contribution in [3.8, 4) is 0 Å². The second-order valence-electron chi connectivity index (χ2n) is 4.10. The van der Waals surface area contributed by atoms with Crippen LogP contribution in [0, 0.1) is 5.92 Å². The van der Waals surface area contributed by atoms with E-state index in [2.05, 4.69) is 5.32 Å². The Morgan fingerprint density at radius 2 is 2.17 bits per heavy atom. The minimum Gasteiger partial charge on any atom is -0.380 e. The smallest absolute Gasteiger partial charge is 0.0620 e. The summed E-state index contributed by atoms with van der Waals surface area (Å²) in [6.07, 6.45) is 7.00. The van der Waals surface area contributed by atoms with Crippen LogP contribution >= 0.6 is 0 Å². The van der Waals surface area contributed by atoms with E-state index in [1.54, 1.807) is 0 Å². The molecule has 2 aliphatic rings. The fraction of sp³-hybridized carbons (Fsp3) is 1.00. The van der Waals surface area contributed by atoms with Crippen LogP contribution < -0.4 is 5.32 Å². The first-order valence-electron chi connectivity index (χ1n) is 5.26. The molecule has 1 heterocycles. The number of ether oxygens (including phenoxy) is 1. The maximum absolute atomic E-state index is 5.29. The summed E-state index contributed by atoms with van der Waals surface area (Å²) in [6, 6.07) is 0.657. The van der Waals surface area contributed by atoms with Gasteiger partial charge in [-0.3, -0.25) is 0 Å². The van der Waals surface area contributed by atoms with E-state index < -0.39 is 0 Å². The van der Waals surface area contributed by atoms with Gasteiger partial charge < -0.3 is 10.1 Å². The second kappa shape index (κ2) is 4.24. The van der Waals surface area contributed by atoms with Gasteiger partial charge in [0.1, 0.15) is 0 Å². The maximum atomic E-state index is 5.29. The van der Waals surface area contributed by atoms with Gasteiger partial charge in [0.15, 0.2) is 0 Å². The highest BCUT2D eigenvalue weighted by molar-refractivity contribution is 4.75. The molecule has 2 heteroatoms. The van der Waals surface area contributed by atoms with Gasteiger partial charge in [0, 0.05) is 12.6 Å². The molecule has 1 aliphatic carbocycles. The lowest BCUT2D eigenvalue weighted by Gasteiger charge is -2.09. The van der Waals surface area contributed by atoms with Crippen LogP contribution in [0.3, 0.4) is 0 Å². The van der Waals surface area contributed by atoms with Crippen LogP contribution in [0.15, 0.2) is 0 Å². The van der Waals surface area contributed by atoms with E-state index in [9.17, 15) is 0 Å². The molecule has 1 aliphatic heterocycles. The van der Waals surface area contributed by atoms with Gasteiger partial charge in [0.05, 0.1) is 6.61 Å². The van der Waals surface area contributed by atoms with Gasteiger partial charge in [0.25, 0.3) is 0 Å². The molecule has 70 valence electrons. The molecule has 12 heavy (non-hydrogen) atoms. The van der Waals surface area contributed by atoms with Crippen molar-refractivity contribution in [1.29, 1.82) is 0 Å². The van der Waals surface area contributed by atoms with Crippen molar-refractivity contribution in [1.82, 2.24) is 5.32 Å². The van der Waals surface area contributed by atoms with E-state index in [1.165, 1.54) is 38.6 Å². The number of hydrogen-bond acceptors (Lipinski definition) is 2. The molecule has 1 unspecified atom stereocenters. The van der Waals surface area contributed by atoms with Crippen molar-refractivity contribution in [2.45, 2.75) is 38.1 Å². The summed E-state index contributed by atoms with van der Waals surface area (Å²) in [5.41, 5.74) is 0. The molecule has 0 bridgehead atoms. The molecule has 0 aromatic carbocycles. The molecule has 0 spiro atoms. The highest BCUT2D eigenvalue weighted by atomic mass is 16.5. The van der Waals surface area contributed by atoms with Crippen LogP contribution in [0.2, 0.25) is 0 Å². The van der Waals surface area contributed by atoms with Crippen molar-refractivity contribution in [3.05, 3.63) is 0 Å². The lowest BCUT2D eigenvalue weighted by Crippen LogP contribution is -2.29. The van der Waals surface area contributed by atoms with Crippen molar-refractivity contribution in [2.75, 3.05) is 19.8 Å². The van der Waals surface area contributed by atoms with Crippen LogP contribution in [0.5, 0.6) is 0 Å². The maximum Gasteiger partial charge on any atom is 0.0620 e. The molecule has 1 N–H and O–H groups in total. The molecule has 2 fully saturated rings. The molecule has 0 radical (unpaired) electrons. The largest absolute Gasteiger partial charge is 0.380 e. The second-order valence-corrected chi connectivity index (χ2v) is 4.10. The Balaban J connectivity index is 1.44. The highest BCUT2D eigenvalue weighted by Gasteiger charge is 2.20. The van der Waals surface area contributed by atoms with Crippen LogP contribution in [0.1, 0.15) is 32.1 Å². The van der Waals surface area contributed by atoms with Crippen molar-refractivity contribution < 1.29 is 4.74 Å². The highest BCUT2D eigenvalue weighted by Crippen LogP contribution is 2.33. The standard InChI is InChI=1S/C10H19NO/c1(2-9-3-4-9)6-11-10-5-7-12-8-10/h9-11H,1-8H2. The van der Waals surface area contributed by atoms with Crippen molar-refractivity contribution in [2.24, 2.45) is 5.92 Å². The lowest BCUT2D eigenvalue weighted by molar-refractivity contribution is 0.190. The Morgan fingerprint density at radius 3 is 2.83 bits per heavy atom. The summed E-state index contributed by atoms with van der Waals surface area (Å²) in [4.78, 5) is 0. The van der Waals surface area contributed by atoms with Gasteiger partial charge in [-0.2, -0.15) is 0 Å². The number of rotatable bonds is 5. The molecule has 1 saturated carbocycles. The Kier molecular flexibility index (Phi) is 3.01. The molecule has 2 rings (SSSR count). The Hall–Kier alpha value is -0.0800. The summed E-state index contributed by atoms with van der Waals surface area (Å²) in [7, 11) is 0. The molecular weight excluding hydrogens is 150 g/mol. The fourth-order valence-electron chi connectivity index (χ4n) is 1.80. The molecule has 1 atom stereocenters. The number of nitrogens with one attached hydrogen (secondary N) is 1. The third-order valence-corrected chi connectivity index (χ3v) is 2.85. The van der Waals surface area contributed by atoms with E-state index in [4.69, 9.17) is 4.74 Å².